The van der Waals surface area contributed by atoms with Crippen molar-refractivity contribution >= 4 is 17.5 Å². The van der Waals surface area contributed by atoms with E-state index in [-0.39, 0.29) is 23.5 Å². The van der Waals surface area contributed by atoms with Crippen molar-refractivity contribution in [2.24, 2.45) is 10.5 Å². The number of likely N-dealkylation sites (tertiary alicyclic amines) is 1. The van der Waals surface area contributed by atoms with Crippen molar-refractivity contribution in [2.75, 3.05) is 20.2 Å². The second-order valence-electron chi connectivity index (χ2n) is 10.8. The van der Waals surface area contributed by atoms with E-state index < -0.39 is 5.41 Å². The molecule has 3 heterocycles. The number of fused-ring (bicyclic) bond motifs is 1. The third-order valence-corrected chi connectivity index (χ3v) is 7.34. The summed E-state index contributed by atoms with van der Waals surface area (Å²) < 4.78 is 11.8. The van der Waals surface area contributed by atoms with E-state index in [0.717, 1.165) is 29.0 Å². The van der Waals surface area contributed by atoms with Gasteiger partial charge in [-0.05, 0) is 64.8 Å². The molecule has 0 saturated carbocycles. The standard InChI is InChI=1S/C28H33N3O4/c1-27(2)17-21-20(11-12-22(34-5)23(21)35-27)24-28(3,4)26(33)31(29-24)19-13-15-30(16-14-19)25(32)18-9-7-6-8-10-18/h6-12,19H,13-17H2,1-5H3. The smallest absolute Gasteiger partial charge is 0.254 e. The van der Waals surface area contributed by atoms with E-state index in [1.54, 1.807) is 12.1 Å². The van der Waals surface area contributed by atoms with Gasteiger partial charge < -0.3 is 14.4 Å². The van der Waals surface area contributed by atoms with E-state index >= 15 is 0 Å². The lowest BCUT2D eigenvalue weighted by Crippen LogP contribution is -2.47. The molecular weight excluding hydrogens is 442 g/mol. The number of piperidine rings is 1. The maximum absolute atomic E-state index is 13.6. The summed E-state index contributed by atoms with van der Waals surface area (Å²) in [5, 5.41) is 6.60. The fraction of sp³-hybridized carbons (Fsp3) is 0.464. The van der Waals surface area contributed by atoms with Gasteiger partial charge in [-0.15, -0.1) is 0 Å². The Labute approximate surface area is 206 Å². The lowest BCUT2D eigenvalue weighted by Gasteiger charge is -2.35. The predicted octanol–water partition coefficient (Wildman–Crippen LogP) is 4.29. The van der Waals surface area contributed by atoms with E-state index in [1.807, 2.05) is 61.2 Å². The van der Waals surface area contributed by atoms with Crippen LogP contribution in [0.2, 0.25) is 0 Å². The van der Waals surface area contributed by atoms with Crippen molar-refractivity contribution in [1.82, 2.24) is 9.91 Å². The number of nitrogens with zero attached hydrogens (tertiary/aromatic N) is 3. The largest absolute Gasteiger partial charge is 0.493 e. The molecule has 3 aliphatic heterocycles. The van der Waals surface area contributed by atoms with Crippen LogP contribution in [-0.2, 0) is 11.2 Å². The highest BCUT2D eigenvalue weighted by atomic mass is 16.5. The van der Waals surface area contributed by atoms with Crippen LogP contribution in [-0.4, -0.2) is 59.3 Å². The summed E-state index contributed by atoms with van der Waals surface area (Å²) in [6, 6.07) is 13.2. The molecule has 35 heavy (non-hydrogen) atoms. The third-order valence-electron chi connectivity index (χ3n) is 7.34. The summed E-state index contributed by atoms with van der Waals surface area (Å²) in [6.07, 6.45) is 2.13. The van der Waals surface area contributed by atoms with Crippen LogP contribution in [0.25, 0.3) is 0 Å². The first-order valence-electron chi connectivity index (χ1n) is 12.3. The summed E-state index contributed by atoms with van der Waals surface area (Å²) in [5.41, 5.74) is 2.35. The number of methoxy groups -OCH3 is 1. The number of ether oxygens (including phenoxy) is 2. The van der Waals surface area contributed by atoms with Gasteiger partial charge >= 0.3 is 0 Å². The van der Waals surface area contributed by atoms with E-state index in [2.05, 4.69) is 13.8 Å². The molecule has 0 bridgehead atoms. The summed E-state index contributed by atoms with van der Waals surface area (Å²) in [6.45, 7) is 9.21. The lowest BCUT2D eigenvalue weighted by molar-refractivity contribution is -0.137. The number of hydrogen-bond acceptors (Lipinski definition) is 5. The fourth-order valence-corrected chi connectivity index (χ4v) is 5.40. The molecule has 0 radical (unpaired) electrons. The van der Waals surface area contributed by atoms with Crippen LogP contribution in [0.5, 0.6) is 11.5 Å². The van der Waals surface area contributed by atoms with E-state index in [4.69, 9.17) is 14.6 Å². The molecule has 0 spiro atoms. The van der Waals surface area contributed by atoms with Crippen LogP contribution in [0.15, 0.2) is 47.6 Å². The Morgan fingerprint density at radius 3 is 2.40 bits per heavy atom. The molecule has 0 atom stereocenters. The zero-order chi connectivity index (χ0) is 25.0. The molecule has 184 valence electrons. The number of hydrazone groups is 1. The summed E-state index contributed by atoms with van der Waals surface area (Å²) >= 11 is 0. The van der Waals surface area contributed by atoms with E-state index in [1.165, 1.54) is 0 Å². The fourth-order valence-electron chi connectivity index (χ4n) is 5.40. The number of carbonyl (C=O) groups excluding carboxylic acids is 2. The zero-order valence-electron chi connectivity index (χ0n) is 21.1. The highest BCUT2D eigenvalue weighted by Gasteiger charge is 2.48. The van der Waals surface area contributed by atoms with Crippen molar-refractivity contribution < 1.29 is 19.1 Å². The van der Waals surface area contributed by atoms with Crippen LogP contribution >= 0.6 is 0 Å². The zero-order valence-corrected chi connectivity index (χ0v) is 21.1. The van der Waals surface area contributed by atoms with Crippen molar-refractivity contribution in [3.05, 3.63) is 59.2 Å². The third kappa shape index (κ3) is 3.97. The van der Waals surface area contributed by atoms with E-state index in [9.17, 15) is 9.59 Å². The molecule has 7 nitrogen and oxygen atoms in total. The van der Waals surface area contributed by atoms with Gasteiger partial charge in [0.2, 0.25) is 0 Å². The van der Waals surface area contributed by atoms with Crippen molar-refractivity contribution in [3.63, 3.8) is 0 Å². The topological polar surface area (TPSA) is 71.4 Å². The van der Waals surface area contributed by atoms with Gasteiger partial charge in [0, 0.05) is 36.2 Å². The Balaban J connectivity index is 1.39. The molecule has 0 N–H and O–H groups in total. The Kier molecular flexibility index (Phi) is 5.61. The van der Waals surface area contributed by atoms with Crippen LogP contribution in [0.1, 0.15) is 62.0 Å². The van der Waals surface area contributed by atoms with Gasteiger partial charge in [-0.25, -0.2) is 5.01 Å². The molecule has 1 fully saturated rings. The van der Waals surface area contributed by atoms with E-state index in [0.29, 0.717) is 37.2 Å². The van der Waals surface area contributed by atoms with Gasteiger partial charge in [0.1, 0.15) is 5.60 Å². The number of amides is 2. The second-order valence-corrected chi connectivity index (χ2v) is 10.8. The normalized spacial score (nSPS) is 20.9. The molecule has 0 aromatic heterocycles. The molecule has 1 saturated heterocycles. The predicted molar refractivity (Wildman–Crippen MR) is 134 cm³/mol. The van der Waals surface area contributed by atoms with Crippen molar-refractivity contribution in [3.8, 4) is 11.5 Å². The van der Waals surface area contributed by atoms with Crippen LogP contribution in [0.3, 0.4) is 0 Å². The summed E-state index contributed by atoms with van der Waals surface area (Å²) in [7, 11) is 1.64. The Hall–Kier alpha value is -3.35. The first-order valence-corrected chi connectivity index (χ1v) is 12.3. The van der Waals surface area contributed by atoms with Gasteiger partial charge in [-0.1, -0.05) is 18.2 Å². The van der Waals surface area contributed by atoms with Gasteiger partial charge in [-0.2, -0.15) is 5.10 Å². The van der Waals surface area contributed by atoms with Gasteiger partial charge in [0.05, 0.1) is 24.3 Å². The first-order chi connectivity index (χ1) is 16.6. The maximum atomic E-state index is 13.6. The highest BCUT2D eigenvalue weighted by molar-refractivity contribution is 6.20. The highest BCUT2D eigenvalue weighted by Crippen LogP contribution is 2.46. The molecule has 2 aromatic rings. The molecule has 0 aliphatic carbocycles. The van der Waals surface area contributed by atoms with Crippen LogP contribution in [0.4, 0.5) is 0 Å². The summed E-state index contributed by atoms with van der Waals surface area (Å²) in [4.78, 5) is 28.3. The molecule has 2 amide bonds. The first kappa shape index (κ1) is 23.4. The molecule has 5 rings (SSSR count). The molecular formula is C28H33N3O4. The Morgan fingerprint density at radius 1 is 1.06 bits per heavy atom. The van der Waals surface area contributed by atoms with Gasteiger partial charge in [-0.3, -0.25) is 9.59 Å². The number of rotatable bonds is 4. The maximum Gasteiger partial charge on any atom is 0.254 e. The van der Waals surface area contributed by atoms with Crippen molar-refractivity contribution in [2.45, 2.75) is 58.6 Å². The van der Waals surface area contributed by atoms with Crippen molar-refractivity contribution in [1.29, 1.82) is 0 Å². The minimum absolute atomic E-state index is 0.00285. The minimum atomic E-state index is -0.758. The Bertz CT molecular complexity index is 1190. The van der Waals surface area contributed by atoms with Gasteiger partial charge in [0.25, 0.3) is 11.8 Å². The molecule has 7 heteroatoms. The Morgan fingerprint density at radius 2 is 1.74 bits per heavy atom. The lowest BCUT2D eigenvalue weighted by atomic mass is 9.80. The molecule has 0 unspecified atom stereocenters. The molecule has 2 aromatic carbocycles. The SMILES string of the molecule is COc1ccc(C2=NN(C3CCN(C(=O)c4ccccc4)CC3)C(=O)C2(C)C)c2c1OC(C)(C)C2. The molecule has 3 aliphatic rings. The monoisotopic (exact) mass is 475 g/mol. The number of benzene rings is 2. The van der Waals surface area contributed by atoms with Crippen LogP contribution < -0.4 is 9.47 Å². The quantitative estimate of drug-likeness (QED) is 0.662. The average molecular weight is 476 g/mol. The average Bonchev–Trinajstić information content (AvgIpc) is 3.30. The summed E-state index contributed by atoms with van der Waals surface area (Å²) in [5.74, 6) is 1.48. The number of hydrogen-bond donors (Lipinski definition) is 0. The number of carbonyl (C=O) groups is 2. The second kappa shape index (κ2) is 8.40. The van der Waals surface area contributed by atoms with Gasteiger partial charge in [0.15, 0.2) is 11.5 Å². The van der Waals surface area contributed by atoms with Crippen LogP contribution in [0, 0.1) is 5.41 Å². The minimum Gasteiger partial charge on any atom is -0.493 e.